The fraction of sp³-hybridized carbons (Fsp3) is 0.235. The molecule has 2 aromatic rings. The maximum atomic E-state index is 11.1. The van der Waals surface area contributed by atoms with E-state index < -0.39 is 0 Å². The van der Waals surface area contributed by atoms with Gasteiger partial charge in [0.1, 0.15) is 18.5 Å². The molecule has 1 fully saturated rings. The first-order chi connectivity index (χ1) is 10.2. The minimum atomic E-state index is -0.112. The lowest BCUT2D eigenvalue weighted by molar-refractivity contribution is -0.141. The number of hydrogen-bond acceptors (Lipinski definition) is 3. The van der Waals surface area contributed by atoms with Crippen molar-refractivity contribution in [2.75, 3.05) is 0 Å². The van der Waals surface area contributed by atoms with Crippen molar-refractivity contribution >= 4 is 28.6 Å². The average molecular weight is 394 g/mol. The summed E-state index contributed by atoms with van der Waals surface area (Å²) in [4.78, 5) is 11.1. The summed E-state index contributed by atoms with van der Waals surface area (Å²) in [5, 5.41) is 0. The van der Waals surface area contributed by atoms with E-state index in [1.807, 2.05) is 24.3 Å². The summed E-state index contributed by atoms with van der Waals surface area (Å²) in [5.41, 5.74) is 2.17. The SMILES string of the molecule is O=C1CCC(c2ccc(OCc3ccc(I)cc3)cc2)O1. The molecule has 0 amide bonds. The zero-order valence-electron chi connectivity index (χ0n) is 11.4. The molecule has 1 aliphatic rings. The second kappa shape index (κ2) is 6.47. The van der Waals surface area contributed by atoms with Crippen LogP contribution in [0.2, 0.25) is 0 Å². The predicted octanol–water partition coefficient (Wildman–Crippen LogP) is 4.25. The van der Waals surface area contributed by atoms with Crippen LogP contribution in [0.5, 0.6) is 5.75 Å². The van der Waals surface area contributed by atoms with Crippen molar-refractivity contribution in [3.05, 3.63) is 63.2 Å². The average Bonchev–Trinajstić information content (AvgIpc) is 2.94. The maximum absolute atomic E-state index is 11.1. The van der Waals surface area contributed by atoms with Crippen molar-refractivity contribution in [1.82, 2.24) is 0 Å². The van der Waals surface area contributed by atoms with E-state index in [4.69, 9.17) is 9.47 Å². The van der Waals surface area contributed by atoms with E-state index in [1.165, 1.54) is 3.57 Å². The standard InChI is InChI=1S/C17H15IO3/c18-14-5-1-12(2-6-14)11-20-15-7-3-13(4-8-15)16-9-10-17(19)21-16/h1-8,16H,9-11H2. The van der Waals surface area contributed by atoms with E-state index in [9.17, 15) is 4.79 Å². The lowest BCUT2D eigenvalue weighted by Gasteiger charge is -2.11. The number of halogens is 1. The lowest BCUT2D eigenvalue weighted by atomic mass is 10.1. The Morgan fingerprint density at radius 3 is 2.43 bits per heavy atom. The van der Waals surface area contributed by atoms with Gasteiger partial charge in [0.15, 0.2) is 0 Å². The number of esters is 1. The molecular formula is C17H15IO3. The molecule has 3 nitrogen and oxygen atoms in total. The second-order valence-electron chi connectivity index (χ2n) is 5.00. The van der Waals surface area contributed by atoms with Gasteiger partial charge in [-0.3, -0.25) is 4.79 Å². The molecule has 1 aliphatic heterocycles. The Bertz CT molecular complexity index is 619. The molecule has 21 heavy (non-hydrogen) atoms. The Labute approximate surface area is 137 Å². The number of cyclic esters (lactones) is 1. The van der Waals surface area contributed by atoms with E-state index in [0.717, 1.165) is 23.3 Å². The number of rotatable bonds is 4. The van der Waals surface area contributed by atoms with Crippen LogP contribution < -0.4 is 4.74 Å². The van der Waals surface area contributed by atoms with Crippen molar-refractivity contribution in [2.24, 2.45) is 0 Å². The summed E-state index contributed by atoms with van der Waals surface area (Å²) >= 11 is 2.28. The van der Waals surface area contributed by atoms with Crippen LogP contribution in [-0.4, -0.2) is 5.97 Å². The summed E-state index contributed by atoms with van der Waals surface area (Å²) in [6, 6.07) is 16.0. The van der Waals surface area contributed by atoms with Gasteiger partial charge < -0.3 is 9.47 Å². The number of ether oxygens (including phenoxy) is 2. The molecule has 1 heterocycles. The molecule has 108 valence electrons. The van der Waals surface area contributed by atoms with Gasteiger partial charge in [0, 0.05) is 9.99 Å². The topological polar surface area (TPSA) is 35.5 Å². The maximum Gasteiger partial charge on any atom is 0.306 e. The summed E-state index contributed by atoms with van der Waals surface area (Å²) in [5.74, 6) is 0.709. The first-order valence-electron chi connectivity index (χ1n) is 6.87. The number of hydrogen-bond donors (Lipinski definition) is 0. The van der Waals surface area contributed by atoms with Gasteiger partial charge in [-0.15, -0.1) is 0 Å². The van der Waals surface area contributed by atoms with E-state index in [2.05, 4.69) is 46.9 Å². The van der Waals surface area contributed by atoms with E-state index in [1.54, 1.807) is 0 Å². The first kappa shape index (κ1) is 14.4. The van der Waals surface area contributed by atoms with Crippen molar-refractivity contribution in [2.45, 2.75) is 25.6 Å². The van der Waals surface area contributed by atoms with Gasteiger partial charge in [-0.2, -0.15) is 0 Å². The molecule has 4 heteroatoms. The van der Waals surface area contributed by atoms with Crippen molar-refractivity contribution < 1.29 is 14.3 Å². The molecule has 0 aliphatic carbocycles. The van der Waals surface area contributed by atoms with Crippen LogP contribution in [0.1, 0.15) is 30.1 Å². The van der Waals surface area contributed by atoms with E-state index in [0.29, 0.717) is 13.0 Å². The Morgan fingerprint density at radius 1 is 1.10 bits per heavy atom. The highest BCUT2D eigenvalue weighted by atomic mass is 127. The normalized spacial score (nSPS) is 17.6. The zero-order chi connectivity index (χ0) is 14.7. The Morgan fingerprint density at radius 2 is 1.81 bits per heavy atom. The molecular weight excluding hydrogens is 379 g/mol. The third-order valence-corrected chi connectivity index (χ3v) is 4.17. The van der Waals surface area contributed by atoms with Crippen LogP contribution >= 0.6 is 22.6 Å². The van der Waals surface area contributed by atoms with Crippen LogP contribution in [-0.2, 0) is 16.1 Å². The van der Waals surface area contributed by atoms with Crippen molar-refractivity contribution in [1.29, 1.82) is 0 Å². The largest absolute Gasteiger partial charge is 0.489 e. The van der Waals surface area contributed by atoms with Gasteiger partial charge in [-0.1, -0.05) is 24.3 Å². The summed E-state index contributed by atoms with van der Waals surface area (Å²) in [6.07, 6.45) is 1.18. The Balaban J connectivity index is 1.59. The highest BCUT2D eigenvalue weighted by molar-refractivity contribution is 14.1. The summed E-state index contributed by atoms with van der Waals surface area (Å²) in [7, 11) is 0. The number of benzene rings is 2. The van der Waals surface area contributed by atoms with Crippen LogP contribution in [0.15, 0.2) is 48.5 Å². The first-order valence-corrected chi connectivity index (χ1v) is 7.95. The fourth-order valence-electron chi connectivity index (χ4n) is 2.29. The van der Waals surface area contributed by atoms with Crippen LogP contribution in [0, 0.1) is 3.57 Å². The van der Waals surface area contributed by atoms with Gasteiger partial charge in [0.2, 0.25) is 0 Å². The quantitative estimate of drug-likeness (QED) is 0.575. The Hall–Kier alpha value is -1.56. The molecule has 0 bridgehead atoms. The second-order valence-corrected chi connectivity index (χ2v) is 6.25. The molecule has 0 spiro atoms. The number of carbonyl (C=O) groups is 1. The Kier molecular flexibility index (Phi) is 4.43. The molecule has 1 atom stereocenters. The molecule has 0 saturated carbocycles. The third kappa shape index (κ3) is 3.75. The van der Waals surface area contributed by atoms with Crippen molar-refractivity contribution in [3.63, 3.8) is 0 Å². The van der Waals surface area contributed by atoms with Gasteiger partial charge in [-0.05, 0) is 64.4 Å². The van der Waals surface area contributed by atoms with Crippen LogP contribution in [0.25, 0.3) is 0 Å². The van der Waals surface area contributed by atoms with Gasteiger partial charge in [0.05, 0.1) is 0 Å². The fourth-order valence-corrected chi connectivity index (χ4v) is 2.65. The van der Waals surface area contributed by atoms with Gasteiger partial charge >= 0.3 is 5.97 Å². The molecule has 3 rings (SSSR count). The highest BCUT2D eigenvalue weighted by Crippen LogP contribution is 2.30. The molecule has 0 radical (unpaired) electrons. The molecule has 0 aromatic heterocycles. The molecule has 1 unspecified atom stereocenters. The lowest BCUT2D eigenvalue weighted by Crippen LogP contribution is -1.99. The van der Waals surface area contributed by atoms with E-state index >= 15 is 0 Å². The predicted molar refractivity (Wildman–Crippen MR) is 88.0 cm³/mol. The summed E-state index contributed by atoms with van der Waals surface area (Å²) in [6.45, 7) is 0.550. The molecule has 2 aromatic carbocycles. The van der Waals surface area contributed by atoms with Crippen LogP contribution in [0.3, 0.4) is 0 Å². The monoisotopic (exact) mass is 394 g/mol. The van der Waals surface area contributed by atoms with Crippen molar-refractivity contribution in [3.8, 4) is 5.75 Å². The minimum Gasteiger partial charge on any atom is -0.489 e. The van der Waals surface area contributed by atoms with Crippen LogP contribution in [0.4, 0.5) is 0 Å². The third-order valence-electron chi connectivity index (χ3n) is 3.45. The smallest absolute Gasteiger partial charge is 0.306 e. The van der Waals surface area contributed by atoms with E-state index in [-0.39, 0.29) is 12.1 Å². The minimum absolute atomic E-state index is 0.0947. The van der Waals surface area contributed by atoms with Gasteiger partial charge in [-0.25, -0.2) is 0 Å². The highest BCUT2D eigenvalue weighted by Gasteiger charge is 2.24. The zero-order valence-corrected chi connectivity index (χ0v) is 13.6. The van der Waals surface area contributed by atoms with Gasteiger partial charge in [0.25, 0.3) is 0 Å². The molecule has 1 saturated heterocycles. The number of carbonyl (C=O) groups excluding carboxylic acids is 1. The molecule has 0 N–H and O–H groups in total. The summed E-state index contributed by atoms with van der Waals surface area (Å²) < 4.78 is 12.2.